The second-order valence-electron chi connectivity index (χ2n) is 4.05. The molecule has 15 heavy (non-hydrogen) atoms. The summed E-state index contributed by atoms with van der Waals surface area (Å²) in [5.41, 5.74) is 7.15. The van der Waals surface area contributed by atoms with E-state index >= 15 is 0 Å². The van der Waals surface area contributed by atoms with Gasteiger partial charge in [-0.2, -0.15) is 11.8 Å². The third-order valence-electron chi connectivity index (χ3n) is 2.48. The van der Waals surface area contributed by atoms with Gasteiger partial charge >= 0.3 is 0 Å². The molecule has 0 saturated carbocycles. The molecule has 3 nitrogen and oxygen atoms in total. The summed E-state index contributed by atoms with van der Waals surface area (Å²) in [5.74, 6) is 3.05. The molecule has 0 aromatic carbocycles. The first-order valence-electron chi connectivity index (χ1n) is 5.40. The molecule has 0 aliphatic rings. The number of nitrogens with zero attached hydrogens (tertiary/aromatic N) is 2. The number of thioether (sulfide) groups is 1. The monoisotopic (exact) mass is 227 g/mol. The lowest BCUT2D eigenvalue weighted by Gasteiger charge is -2.11. The van der Waals surface area contributed by atoms with Crippen LogP contribution in [0.2, 0.25) is 0 Å². The van der Waals surface area contributed by atoms with Crippen molar-refractivity contribution in [3.05, 3.63) is 11.5 Å². The van der Waals surface area contributed by atoms with E-state index in [2.05, 4.69) is 29.7 Å². The van der Waals surface area contributed by atoms with Crippen molar-refractivity contribution in [2.24, 2.45) is 0 Å². The SMILES string of the molecule is CSCCCc1nc(C)n(C(C)C)c1N. The number of aromatic nitrogens is 2. The van der Waals surface area contributed by atoms with E-state index in [0.29, 0.717) is 6.04 Å². The van der Waals surface area contributed by atoms with Gasteiger partial charge in [0.2, 0.25) is 0 Å². The molecule has 4 heteroatoms. The fourth-order valence-electron chi connectivity index (χ4n) is 1.84. The number of anilines is 1. The lowest BCUT2D eigenvalue weighted by Crippen LogP contribution is -2.07. The van der Waals surface area contributed by atoms with Crippen LogP contribution >= 0.6 is 11.8 Å². The predicted molar refractivity (Wildman–Crippen MR) is 68.5 cm³/mol. The van der Waals surface area contributed by atoms with E-state index < -0.39 is 0 Å². The normalized spacial score (nSPS) is 11.3. The first kappa shape index (κ1) is 12.4. The van der Waals surface area contributed by atoms with Gasteiger partial charge in [0.25, 0.3) is 0 Å². The van der Waals surface area contributed by atoms with Gasteiger partial charge in [0.05, 0.1) is 5.69 Å². The summed E-state index contributed by atoms with van der Waals surface area (Å²) in [4.78, 5) is 4.53. The molecule has 0 amide bonds. The maximum Gasteiger partial charge on any atom is 0.127 e. The topological polar surface area (TPSA) is 43.8 Å². The van der Waals surface area contributed by atoms with Crippen molar-refractivity contribution < 1.29 is 0 Å². The van der Waals surface area contributed by atoms with Crippen LogP contribution in [0.15, 0.2) is 0 Å². The van der Waals surface area contributed by atoms with Gasteiger partial charge in [0.1, 0.15) is 11.6 Å². The maximum absolute atomic E-state index is 6.08. The van der Waals surface area contributed by atoms with Gasteiger partial charge in [0.15, 0.2) is 0 Å². The standard InChI is InChI=1S/C11H21N3S/c1-8(2)14-9(3)13-10(11(14)12)6-5-7-15-4/h8H,5-7,12H2,1-4H3. The van der Waals surface area contributed by atoms with E-state index in [-0.39, 0.29) is 0 Å². The molecule has 2 N–H and O–H groups in total. The molecule has 1 aromatic heterocycles. The van der Waals surface area contributed by atoms with E-state index in [1.807, 2.05) is 18.7 Å². The summed E-state index contributed by atoms with van der Waals surface area (Å²) >= 11 is 1.87. The molecule has 0 aliphatic heterocycles. The van der Waals surface area contributed by atoms with Crippen molar-refractivity contribution in [2.45, 2.75) is 39.7 Å². The predicted octanol–water partition coefficient (Wildman–Crippen LogP) is 2.65. The van der Waals surface area contributed by atoms with Crippen LogP contribution < -0.4 is 5.73 Å². The molecule has 0 bridgehead atoms. The van der Waals surface area contributed by atoms with E-state index in [9.17, 15) is 0 Å². The summed E-state index contributed by atoms with van der Waals surface area (Å²) in [6.45, 7) is 6.29. The highest BCUT2D eigenvalue weighted by Gasteiger charge is 2.13. The van der Waals surface area contributed by atoms with E-state index in [0.717, 1.165) is 30.2 Å². The Bertz CT molecular complexity index is 318. The molecular weight excluding hydrogens is 206 g/mol. The van der Waals surface area contributed by atoms with Gasteiger partial charge < -0.3 is 10.3 Å². The molecule has 0 aliphatic carbocycles. The zero-order valence-corrected chi connectivity index (χ0v) is 10.9. The quantitative estimate of drug-likeness (QED) is 0.786. The Morgan fingerprint density at radius 2 is 2.13 bits per heavy atom. The number of aryl methyl sites for hydroxylation is 2. The van der Waals surface area contributed by atoms with Crippen LogP contribution in [0.3, 0.4) is 0 Å². The summed E-state index contributed by atoms with van der Waals surface area (Å²) in [7, 11) is 0. The number of nitrogens with two attached hydrogens (primary N) is 1. The summed E-state index contributed by atoms with van der Waals surface area (Å²) in [5, 5.41) is 0. The van der Waals surface area contributed by atoms with Crippen molar-refractivity contribution in [3.63, 3.8) is 0 Å². The number of hydrogen-bond donors (Lipinski definition) is 1. The summed E-state index contributed by atoms with van der Waals surface area (Å²) < 4.78 is 2.11. The molecule has 0 atom stereocenters. The molecule has 1 rings (SSSR count). The van der Waals surface area contributed by atoms with Crippen LogP contribution in [0.4, 0.5) is 5.82 Å². The second kappa shape index (κ2) is 5.45. The van der Waals surface area contributed by atoms with E-state index in [1.165, 1.54) is 5.75 Å². The van der Waals surface area contributed by atoms with Crippen molar-refractivity contribution in [1.82, 2.24) is 9.55 Å². The largest absolute Gasteiger partial charge is 0.384 e. The highest BCUT2D eigenvalue weighted by atomic mass is 32.2. The van der Waals surface area contributed by atoms with Gasteiger partial charge in [-0.15, -0.1) is 0 Å². The molecule has 86 valence electrons. The molecule has 0 radical (unpaired) electrons. The van der Waals surface area contributed by atoms with Crippen molar-refractivity contribution in [1.29, 1.82) is 0 Å². The highest BCUT2D eigenvalue weighted by molar-refractivity contribution is 7.98. The molecule has 0 spiro atoms. The number of rotatable bonds is 5. The smallest absolute Gasteiger partial charge is 0.127 e. The Kier molecular flexibility index (Phi) is 4.51. The van der Waals surface area contributed by atoms with Gasteiger partial charge in [-0.25, -0.2) is 4.98 Å². The zero-order chi connectivity index (χ0) is 11.4. The Balaban J connectivity index is 2.77. The van der Waals surface area contributed by atoms with Crippen LogP contribution in [0.5, 0.6) is 0 Å². The van der Waals surface area contributed by atoms with Crippen LogP contribution in [-0.2, 0) is 6.42 Å². The van der Waals surface area contributed by atoms with Gasteiger partial charge in [-0.05, 0) is 45.6 Å². The van der Waals surface area contributed by atoms with E-state index in [4.69, 9.17) is 5.73 Å². The van der Waals surface area contributed by atoms with Crippen LogP contribution in [0.25, 0.3) is 0 Å². The van der Waals surface area contributed by atoms with Gasteiger partial charge in [-0.3, -0.25) is 0 Å². The third kappa shape index (κ3) is 2.91. The average molecular weight is 227 g/mol. The maximum atomic E-state index is 6.08. The molecule has 1 heterocycles. The Morgan fingerprint density at radius 1 is 1.47 bits per heavy atom. The number of imidazole rings is 1. The average Bonchev–Trinajstić information content (AvgIpc) is 2.42. The fourth-order valence-corrected chi connectivity index (χ4v) is 2.27. The van der Waals surface area contributed by atoms with Crippen LogP contribution in [0, 0.1) is 6.92 Å². The first-order valence-corrected chi connectivity index (χ1v) is 6.79. The number of nitrogen functional groups attached to an aromatic ring is 1. The second-order valence-corrected chi connectivity index (χ2v) is 5.04. The highest BCUT2D eigenvalue weighted by Crippen LogP contribution is 2.21. The molecule has 1 aromatic rings. The minimum absolute atomic E-state index is 0.395. The van der Waals surface area contributed by atoms with Crippen molar-refractivity contribution >= 4 is 17.6 Å². The Morgan fingerprint density at radius 3 is 2.60 bits per heavy atom. The lowest BCUT2D eigenvalue weighted by molar-refractivity contribution is 0.590. The lowest BCUT2D eigenvalue weighted by atomic mass is 10.2. The third-order valence-corrected chi connectivity index (χ3v) is 3.18. The summed E-state index contributed by atoms with van der Waals surface area (Å²) in [6, 6.07) is 0.395. The summed E-state index contributed by atoms with van der Waals surface area (Å²) in [6.07, 6.45) is 4.27. The molecule has 0 saturated heterocycles. The minimum atomic E-state index is 0.395. The minimum Gasteiger partial charge on any atom is -0.384 e. The van der Waals surface area contributed by atoms with Gasteiger partial charge in [0, 0.05) is 6.04 Å². The van der Waals surface area contributed by atoms with Crippen molar-refractivity contribution in [3.8, 4) is 0 Å². The van der Waals surface area contributed by atoms with Crippen molar-refractivity contribution in [2.75, 3.05) is 17.7 Å². The van der Waals surface area contributed by atoms with Crippen LogP contribution in [-0.4, -0.2) is 21.6 Å². The zero-order valence-electron chi connectivity index (χ0n) is 10.1. The Labute approximate surface area is 96.5 Å². The molecule has 0 unspecified atom stereocenters. The molecular formula is C11H21N3S. The number of hydrogen-bond acceptors (Lipinski definition) is 3. The Hall–Kier alpha value is -0.640. The molecule has 0 fully saturated rings. The fraction of sp³-hybridized carbons (Fsp3) is 0.727. The van der Waals surface area contributed by atoms with E-state index in [1.54, 1.807) is 0 Å². The van der Waals surface area contributed by atoms with Gasteiger partial charge in [-0.1, -0.05) is 0 Å². The van der Waals surface area contributed by atoms with Crippen LogP contribution in [0.1, 0.15) is 37.8 Å². The first-order chi connectivity index (χ1) is 7.07.